The first kappa shape index (κ1) is 17.4. The number of hydrogen-bond donors (Lipinski definition) is 1. The topological polar surface area (TPSA) is 47.6 Å². The molecule has 4 nitrogen and oxygen atoms in total. The zero-order valence-corrected chi connectivity index (χ0v) is 14.3. The maximum Gasteiger partial charge on any atom is 0.220 e. The third-order valence-electron chi connectivity index (χ3n) is 3.85. The lowest BCUT2D eigenvalue weighted by atomic mass is 10.1. The Morgan fingerprint density at radius 2 is 2.17 bits per heavy atom. The van der Waals surface area contributed by atoms with Gasteiger partial charge in [-0.25, -0.2) is 0 Å². The summed E-state index contributed by atoms with van der Waals surface area (Å²) in [7, 11) is 1.63. The molecule has 0 saturated heterocycles. The van der Waals surface area contributed by atoms with Crippen molar-refractivity contribution in [3.05, 3.63) is 35.9 Å². The minimum absolute atomic E-state index is 0.0978. The number of carbonyl (C=O) groups excluding carboxylic acids is 1. The number of ether oxygens (including phenoxy) is 2. The maximum atomic E-state index is 12.0. The minimum Gasteiger partial charge on any atom is -0.493 e. The van der Waals surface area contributed by atoms with E-state index in [9.17, 15) is 4.79 Å². The summed E-state index contributed by atoms with van der Waals surface area (Å²) in [6.45, 7) is 5.38. The second-order valence-corrected chi connectivity index (χ2v) is 6.44. The van der Waals surface area contributed by atoms with Crippen molar-refractivity contribution in [3.63, 3.8) is 0 Å². The first-order chi connectivity index (χ1) is 11.1. The molecule has 1 atom stereocenters. The lowest BCUT2D eigenvalue weighted by Crippen LogP contribution is -2.24. The maximum absolute atomic E-state index is 12.0. The molecule has 0 spiro atoms. The Hall–Kier alpha value is -1.97. The van der Waals surface area contributed by atoms with E-state index in [1.807, 2.05) is 18.2 Å². The molecule has 0 saturated carbocycles. The van der Waals surface area contributed by atoms with Crippen molar-refractivity contribution in [2.24, 2.45) is 11.8 Å². The van der Waals surface area contributed by atoms with Crippen molar-refractivity contribution in [1.82, 2.24) is 5.32 Å². The summed E-state index contributed by atoms with van der Waals surface area (Å²) in [5.74, 6) is 2.41. The number of nitrogens with one attached hydrogen (secondary N) is 1. The highest BCUT2D eigenvalue weighted by molar-refractivity contribution is 5.76. The third-order valence-corrected chi connectivity index (χ3v) is 3.85. The van der Waals surface area contributed by atoms with E-state index in [4.69, 9.17) is 9.47 Å². The van der Waals surface area contributed by atoms with Gasteiger partial charge in [0.25, 0.3) is 0 Å². The Bertz CT molecular complexity index is 552. The van der Waals surface area contributed by atoms with Crippen molar-refractivity contribution < 1.29 is 14.3 Å². The summed E-state index contributed by atoms with van der Waals surface area (Å²) in [5, 5.41) is 2.98. The predicted octanol–water partition coefficient (Wildman–Crippen LogP) is 3.70. The smallest absolute Gasteiger partial charge is 0.220 e. The quantitative estimate of drug-likeness (QED) is 0.744. The molecule has 0 bridgehead atoms. The molecule has 0 aliphatic heterocycles. The molecule has 126 valence electrons. The molecule has 1 amide bonds. The van der Waals surface area contributed by atoms with Gasteiger partial charge in [-0.3, -0.25) is 4.79 Å². The van der Waals surface area contributed by atoms with Gasteiger partial charge in [-0.15, -0.1) is 0 Å². The van der Waals surface area contributed by atoms with Crippen LogP contribution in [-0.2, 0) is 11.3 Å². The van der Waals surface area contributed by atoms with E-state index >= 15 is 0 Å². The summed E-state index contributed by atoms with van der Waals surface area (Å²) in [5.41, 5.74) is 1.01. The fourth-order valence-electron chi connectivity index (χ4n) is 2.57. The number of amides is 1. The molecule has 1 aliphatic carbocycles. The predicted molar refractivity (Wildman–Crippen MR) is 91.7 cm³/mol. The number of carbonyl (C=O) groups is 1. The van der Waals surface area contributed by atoms with Crippen LogP contribution in [0.3, 0.4) is 0 Å². The Balaban J connectivity index is 1.87. The first-order valence-corrected chi connectivity index (χ1v) is 8.31. The summed E-state index contributed by atoms with van der Waals surface area (Å²) in [6.07, 6.45) is 7.04. The fraction of sp³-hybridized carbons (Fsp3) is 0.526. The first-order valence-electron chi connectivity index (χ1n) is 8.31. The van der Waals surface area contributed by atoms with Crippen LogP contribution in [0.5, 0.6) is 11.5 Å². The highest BCUT2D eigenvalue weighted by atomic mass is 16.5. The van der Waals surface area contributed by atoms with Crippen molar-refractivity contribution >= 4 is 5.91 Å². The second-order valence-electron chi connectivity index (χ2n) is 6.44. The molecule has 1 unspecified atom stereocenters. The van der Waals surface area contributed by atoms with Gasteiger partial charge in [-0.05, 0) is 42.4 Å². The van der Waals surface area contributed by atoms with Crippen molar-refractivity contribution in [2.45, 2.75) is 39.7 Å². The molecule has 1 aromatic rings. The van der Waals surface area contributed by atoms with E-state index < -0.39 is 0 Å². The van der Waals surface area contributed by atoms with E-state index in [1.54, 1.807) is 7.11 Å². The van der Waals surface area contributed by atoms with Gasteiger partial charge in [0.15, 0.2) is 11.5 Å². The van der Waals surface area contributed by atoms with Gasteiger partial charge in [0.1, 0.15) is 0 Å². The summed E-state index contributed by atoms with van der Waals surface area (Å²) >= 11 is 0. The van der Waals surface area contributed by atoms with Gasteiger partial charge in [-0.1, -0.05) is 32.1 Å². The molecule has 1 aliphatic rings. The van der Waals surface area contributed by atoms with Crippen LogP contribution in [0, 0.1) is 11.8 Å². The Kier molecular flexibility index (Phi) is 6.51. The average Bonchev–Trinajstić information content (AvgIpc) is 3.04. The highest BCUT2D eigenvalue weighted by Crippen LogP contribution is 2.28. The molecule has 23 heavy (non-hydrogen) atoms. The monoisotopic (exact) mass is 317 g/mol. The van der Waals surface area contributed by atoms with Gasteiger partial charge in [0.05, 0.1) is 13.7 Å². The van der Waals surface area contributed by atoms with Crippen LogP contribution in [-0.4, -0.2) is 19.6 Å². The number of hydrogen-bond acceptors (Lipinski definition) is 3. The molecule has 0 fully saturated rings. The highest BCUT2D eigenvalue weighted by Gasteiger charge is 2.14. The van der Waals surface area contributed by atoms with E-state index in [2.05, 4.69) is 31.3 Å². The third kappa shape index (κ3) is 5.62. The fourth-order valence-corrected chi connectivity index (χ4v) is 2.57. The summed E-state index contributed by atoms with van der Waals surface area (Å²) < 4.78 is 11.1. The van der Waals surface area contributed by atoms with Crippen molar-refractivity contribution in [3.8, 4) is 11.5 Å². The van der Waals surface area contributed by atoms with Crippen molar-refractivity contribution in [1.29, 1.82) is 0 Å². The second kappa shape index (κ2) is 8.61. The van der Waals surface area contributed by atoms with Crippen LogP contribution in [0.15, 0.2) is 30.4 Å². The standard InChI is InChI=1S/C19H27NO3/c1-14(2)13-23-17-9-8-16(10-18(17)22-3)12-20-19(21)11-15-6-4-5-7-15/h4,6,8-10,14-15H,5,7,11-13H2,1-3H3,(H,20,21). The Labute approximate surface area is 138 Å². The van der Waals surface area contributed by atoms with Crippen LogP contribution in [0.2, 0.25) is 0 Å². The van der Waals surface area contributed by atoms with Crippen molar-refractivity contribution in [2.75, 3.05) is 13.7 Å². The van der Waals surface area contributed by atoms with E-state index in [1.165, 1.54) is 0 Å². The van der Waals surface area contributed by atoms with Crippen LogP contribution >= 0.6 is 0 Å². The van der Waals surface area contributed by atoms with Crippen LogP contribution in [0.25, 0.3) is 0 Å². The molecule has 0 heterocycles. The SMILES string of the molecule is COc1cc(CNC(=O)CC2C=CCC2)ccc1OCC(C)C. The normalized spacial score (nSPS) is 16.6. The van der Waals surface area contributed by atoms with Gasteiger partial charge in [0, 0.05) is 13.0 Å². The number of rotatable bonds is 8. The number of benzene rings is 1. The molecule has 0 aromatic heterocycles. The Morgan fingerprint density at radius 3 is 2.83 bits per heavy atom. The van der Waals surface area contributed by atoms with E-state index in [-0.39, 0.29) is 5.91 Å². The largest absolute Gasteiger partial charge is 0.493 e. The molecular formula is C19H27NO3. The van der Waals surface area contributed by atoms with Crippen LogP contribution in [0.4, 0.5) is 0 Å². The molecular weight excluding hydrogens is 290 g/mol. The van der Waals surface area contributed by atoms with Gasteiger partial charge in [-0.2, -0.15) is 0 Å². The molecule has 0 radical (unpaired) electrons. The van der Waals surface area contributed by atoms with E-state index in [0.29, 0.717) is 37.2 Å². The summed E-state index contributed by atoms with van der Waals surface area (Å²) in [6, 6.07) is 5.79. The molecule has 2 rings (SSSR count). The van der Waals surface area contributed by atoms with E-state index in [0.717, 1.165) is 24.2 Å². The van der Waals surface area contributed by atoms with Gasteiger partial charge >= 0.3 is 0 Å². The lowest BCUT2D eigenvalue weighted by molar-refractivity contribution is -0.121. The Morgan fingerprint density at radius 1 is 1.35 bits per heavy atom. The number of methoxy groups -OCH3 is 1. The lowest BCUT2D eigenvalue weighted by Gasteiger charge is -2.14. The minimum atomic E-state index is 0.0978. The zero-order chi connectivity index (χ0) is 16.7. The molecule has 4 heteroatoms. The van der Waals surface area contributed by atoms with Gasteiger partial charge in [0.2, 0.25) is 5.91 Å². The number of allylic oxidation sites excluding steroid dienone is 2. The average molecular weight is 317 g/mol. The molecule has 1 N–H and O–H groups in total. The molecule has 1 aromatic carbocycles. The van der Waals surface area contributed by atoms with Crippen LogP contribution < -0.4 is 14.8 Å². The van der Waals surface area contributed by atoms with Crippen LogP contribution in [0.1, 0.15) is 38.7 Å². The zero-order valence-electron chi connectivity index (χ0n) is 14.3. The summed E-state index contributed by atoms with van der Waals surface area (Å²) in [4.78, 5) is 12.0. The van der Waals surface area contributed by atoms with Gasteiger partial charge < -0.3 is 14.8 Å².